The molecule has 0 bridgehead atoms. The molecule has 1 aromatic rings. The standard InChI is InChI=1S/C14H21N3O3S/c1-2-14(6-3-7-14)16-13(18)12-8-11(21(15,19)20)9-17(12)10-4-5-10/h8-10H,2-7H2,1H3,(H,16,18)(H2,15,19,20). The van der Waals surface area contributed by atoms with Crippen molar-refractivity contribution >= 4 is 15.9 Å². The van der Waals surface area contributed by atoms with Crippen molar-refractivity contribution in [2.24, 2.45) is 5.14 Å². The van der Waals surface area contributed by atoms with E-state index in [-0.39, 0.29) is 22.4 Å². The molecular formula is C14H21N3O3S. The molecule has 0 radical (unpaired) electrons. The highest BCUT2D eigenvalue weighted by molar-refractivity contribution is 7.89. The molecule has 0 aromatic carbocycles. The zero-order valence-electron chi connectivity index (χ0n) is 12.1. The third-order valence-corrected chi connectivity index (χ3v) is 5.57. The van der Waals surface area contributed by atoms with E-state index in [1.54, 1.807) is 4.57 Å². The highest BCUT2D eigenvalue weighted by atomic mass is 32.2. The zero-order chi connectivity index (χ0) is 15.3. The third kappa shape index (κ3) is 2.72. The maximum absolute atomic E-state index is 12.5. The van der Waals surface area contributed by atoms with Crippen molar-refractivity contribution in [2.45, 2.75) is 61.9 Å². The SMILES string of the molecule is CCC1(NC(=O)c2cc(S(N)(=O)=O)cn2C2CC2)CCC1. The van der Waals surface area contributed by atoms with Crippen LogP contribution < -0.4 is 10.5 Å². The number of nitrogens with two attached hydrogens (primary N) is 1. The monoisotopic (exact) mass is 311 g/mol. The Hall–Kier alpha value is -1.34. The first kappa shape index (κ1) is 14.6. The topological polar surface area (TPSA) is 94.2 Å². The summed E-state index contributed by atoms with van der Waals surface area (Å²) in [5.74, 6) is -0.196. The molecule has 7 heteroatoms. The van der Waals surface area contributed by atoms with Crippen LogP contribution in [0.3, 0.4) is 0 Å². The normalized spacial score (nSPS) is 20.9. The van der Waals surface area contributed by atoms with Gasteiger partial charge in [0, 0.05) is 17.8 Å². The van der Waals surface area contributed by atoms with Crippen LogP contribution in [0.25, 0.3) is 0 Å². The summed E-state index contributed by atoms with van der Waals surface area (Å²) in [6, 6.07) is 1.62. The summed E-state index contributed by atoms with van der Waals surface area (Å²) in [4.78, 5) is 12.6. The van der Waals surface area contributed by atoms with E-state index in [9.17, 15) is 13.2 Å². The quantitative estimate of drug-likeness (QED) is 0.863. The number of rotatable bonds is 5. The highest BCUT2D eigenvalue weighted by Gasteiger charge is 2.38. The largest absolute Gasteiger partial charge is 0.345 e. The van der Waals surface area contributed by atoms with Gasteiger partial charge in [0.1, 0.15) is 10.6 Å². The van der Waals surface area contributed by atoms with E-state index >= 15 is 0 Å². The number of sulfonamides is 1. The summed E-state index contributed by atoms with van der Waals surface area (Å²) < 4.78 is 24.8. The lowest BCUT2D eigenvalue weighted by Crippen LogP contribution is -2.53. The Morgan fingerprint density at radius 2 is 2.14 bits per heavy atom. The second-order valence-electron chi connectivity index (χ2n) is 6.19. The number of nitrogens with zero attached hydrogens (tertiary/aromatic N) is 1. The molecule has 0 aliphatic heterocycles. The number of carbonyl (C=O) groups is 1. The summed E-state index contributed by atoms with van der Waals surface area (Å²) >= 11 is 0. The molecule has 2 aliphatic rings. The van der Waals surface area contributed by atoms with Crippen LogP contribution in [0.1, 0.15) is 62.0 Å². The van der Waals surface area contributed by atoms with Gasteiger partial charge in [-0.1, -0.05) is 6.92 Å². The highest BCUT2D eigenvalue weighted by Crippen LogP contribution is 2.38. The first-order valence-corrected chi connectivity index (χ1v) is 8.96. The first-order chi connectivity index (χ1) is 9.85. The average molecular weight is 311 g/mol. The number of carbonyl (C=O) groups excluding carboxylic acids is 1. The molecule has 2 aliphatic carbocycles. The molecule has 0 spiro atoms. The van der Waals surface area contributed by atoms with Gasteiger partial charge in [0.05, 0.1) is 0 Å². The summed E-state index contributed by atoms with van der Waals surface area (Å²) in [6.45, 7) is 2.06. The molecule has 21 heavy (non-hydrogen) atoms. The maximum atomic E-state index is 12.5. The molecule has 116 valence electrons. The van der Waals surface area contributed by atoms with Crippen molar-refractivity contribution in [3.8, 4) is 0 Å². The number of aromatic nitrogens is 1. The van der Waals surface area contributed by atoms with Crippen LogP contribution in [0.5, 0.6) is 0 Å². The van der Waals surface area contributed by atoms with E-state index in [4.69, 9.17) is 5.14 Å². The fourth-order valence-corrected chi connectivity index (χ4v) is 3.46. The molecule has 3 N–H and O–H groups in total. The Bertz CT molecular complexity index is 664. The summed E-state index contributed by atoms with van der Waals surface area (Å²) in [7, 11) is -3.79. The van der Waals surface area contributed by atoms with Gasteiger partial charge in [0.15, 0.2) is 0 Å². The smallest absolute Gasteiger partial charge is 0.268 e. The van der Waals surface area contributed by atoms with E-state index in [1.807, 2.05) is 0 Å². The predicted molar refractivity (Wildman–Crippen MR) is 78.4 cm³/mol. The molecule has 1 heterocycles. The fraction of sp³-hybridized carbons (Fsp3) is 0.643. The molecule has 0 unspecified atom stereocenters. The van der Waals surface area contributed by atoms with E-state index in [0.29, 0.717) is 5.69 Å². The van der Waals surface area contributed by atoms with Gasteiger partial charge < -0.3 is 9.88 Å². The van der Waals surface area contributed by atoms with Crippen molar-refractivity contribution in [2.75, 3.05) is 0 Å². The van der Waals surface area contributed by atoms with Crippen LogP contribution in [-0.2, 0) is 10.0 Å². The van der Waals surface area contributed by atoms with Gasteiger partial charge in [-0.3, -0.25) is 4.79 Å². The average Bonchev–Trinajstić information content (AvgIpc) is 3.10. The molecule has 1 aromatic heterocycles. The zero-order valence-corrected chi connectivity index (χ0v) is 12.9. The van der Waals surface area contributed by atoms with E-state index in [1.165, 1.54) is 12.3 Å². The molecule has 6 nitrogen and oxygen atoms in total. The lowest BCUT2D eigenvalue weighted by Gasteiger charge is -2.42. The Morgan fingerprint density at radius 1 is 1.48 bits per heavy atom. The molecule has 0 atom stereocenters. The van der Waals surface area contributed by atoms with Crippen molar-refractivity contribution in [1.82, 2.24) is 9.88 Å². The van der Waals surface area contributed by atoms with Crippen molar-refractivity contribution < 1.29 is 13.2 Å². The van der Waals surface area contributed by atoms with Crippen molar-refractivity contribution in [3.63, 3.8) is 0 Å². The minimum atomic E-state index is -3.79. The second kappa shape index (κ2) is 4.84. The Morgan fingerprint density at radius 3 is 2.57 bits per heavy atom. The molecule has 1 amide bonds. The second-order valence-corrected chi connectivity index (χ2v) is 7.75. The molecule has 2 saturated carbocycles. The number of hydrogen-bond donors (Lipinski definition) is 2. The predicted octanol–water partition coefficient (Wildman–Crippen LogP) is 1.53. The number of nitrogens with one attached hydrogen (secondary N) is 1. The van der Waals surface area contributed by atoms with E-state index in [0.717, 1.165) is 38.5 Å². The minimum absolute atomic E-state index is 0.0127. The van der Waals surface area contributed by atoms with Gasteiger partial charge in [0.2, 0.25) is 10.0 Å². The van der Waals surface area contributed by atoms with Crippen LogP contribution in [0.4, 0.5) is 0 Å². The van der Waals surface area contributed by atoms with Crippen LogP contribution in [-0.4, -0.2) is 24.4 Å². The molecule has 0 saturated heterocycles. The first-order valence-electron chi connectivity index (χ1n) is 7.42. The Labute approximate surface area is 124 Å². The van der Waals surface area contributed by atoms with Crippen LogP contribution in [0.15, 0.2) is 17.2 Å². The van der Waals surface area contributed by atoms with Gasteiger partial charge in [-0.2, -0.15) is 0 Å². The van der Waals surface area contributed by atoms with Gasteiger partial charge >= 0.3 is 0 Å². The third-order valence-electron chi connectivity index (χ3n) is 4.69. The summed E-state index contributed by atoms with van der Waals surface area (Å²) in [6.07, 6.45) is 7.42. The minimum Gasteiger partial charge on any atom is -0.345 e. The molecule has 3 rings (SSSR count). The van der Waals surface area contributed by atoms with Gasteiger partial charge in [-0.25, -0.2) is 13.6 Å². The lowest BCUT2D eigenvalue weighted by molar-refractivity contribution is 0.0810. The molecule has 2 fully saturated rings. The van der Waals surface area contributed by atoms with Crippen molar-refractivity contribution in [1.29, 1.82) is 0 Å². The van der Waals surface area contributed by atoms with Crippen LogP contribution >= 0.6 is 0 Å². The number of primary sulfonamides is 1. The van der Waals surface area contributed by atoms with Gasteiger partial charge in [-0.15, -0.1) is 0 Å². The number of amides is 1. The van der Waals surface area contributed by atoms with Crippen molar-refractivity contribution in [3.05, 3.63) is 18.0 Å². The molecular weight excluding hydrogens is 290 g/mol. The fourth-order valence-electron chi connectivity index (χ4n) is 2.92. The van der Waals surface area contributed by atoms with Crippen LogP contribution in [0, 0.1) is 0 Å². The number of hydrogen-bond acceptors (Lipinski definition) is 3. The maximum Gasteiger partial charge on any atom is 0.268 e. The Kier molecular flexibility index (Phi) is 3.37. The lowest BCUT2D eigenvalue weighted by atomic mass is 9.75. The summed E-state index contributed by atoms with van der Waals surface area (Å²) in [5, 5.41) is 8.27. The summed E-state index contributed by atoms with van der Waals surface area (Å²) in [5.41, 5.74) is 0.290. The van der Waals surface area contributed by atoms with E-state index in [2.05, 4.69) is 12.2 Å². The van der Waals surface area contributed by atoms with Gasteiger partial charge in [0.25, 0.3) is 5.91 Å². The van der Waals surface area contributed by atoms with E-state index < -0.39 is 10.0 Å². The van der Waals surface area contributed by atoms with Crippen LogP contribution in [0.2, 0.25) is 0 Å². The van der Waals surface area contributed by atoms with Gasteiger partial charge in [-0.05, 0) is 44.6 Å². The Balaban J connectivity index is 1.90.